The molecule has 0 aliphatic heterocycles. The number of nitrogens with one attached hydrogen (secondary N) is 1. The van der Waals surface area contributed by atoms with E-state index in [1.807, 2.05) is 12.1 Å². The van der Waals surface area contributed by atoms with E-state index in [0.717, 1.165) is 12.1 Å². The van der Waals surface area contributed by atoms with Crippen LogP contribution in [0.4, 0.5) is 0 Å². The summed E-state index contributed by atoms with van der Waals surface area (Å²) < 4.78 is 10.8. The molecule has 4 nitrogen and oxygen atoms in total. The molecule has 2 rings (SSSR count). The zero-order valence-electron chi connectivity index (χ0n) is 11.6. The van der Waals surface area contributed by atoms with Crippen molar-refractivity contribution in [3.63, 3.8) is 0 Å². The third-order valence-electron chi connectivity index (χ3n) is 2.70. The van der Waals surface area contributed by atoms with Gasteiger partial charge < -0.3 is 14.8 Å². The van der Waals surface area contributed by atoms with E-state index >= 15 is 0 Å². The number of nitrogens with zero attached hydrogens (tertiary/aromatic N) is 1. The summed E-state index contributed by atoms with van der Waals surface area (Å²) in [6.07, 6.45) is 1.68. The van der Waals surface area contributed by atoms with Crippen molar-refractivity contribution < 1.29 is 9.47 Å². The van der Waals surface area contributed by atoms with E-state index in [0.29, 0.717) is 34.8 Å². The van der Waals surface area contributed by atoms with Gasteiger partial charge in [-0.3, -0.25) is 0 Å². The summed E-state index contributed by atoms with van der Waals surface area (Å²) >= 11 is 11.9. The standard InChI is InChI=1S/C15H16Cl2N2O2/c1-20-6-5-18-10-11-3-2-4-19-15(11)21-14-8-12(16)7-13(17)9-14/h2-4,7-9,18H,5-6,10H2,1H3. The molecule has 0 bridgehead atoms. The molecule has 0 amide bonds. The average Bonchev–Trinajstić information content (AvgIpc) is 2.44. The SMILES string of the molecule is COCCNCc1cccnc1Oc1cc(Cl)cc(Cl)c1. The summed E-state index contributed by atoms with van der Waals surface area (Å²) in [5, 5.41) is 4.30. The third-order valence-corrected chi connectivity index (χ3v) is 3.14. The van der Waals surface area contributed by atoms with Gasteiger partial charge in [0, 0.05) is 42.0 Å². The van der Waals surface area contributed by atoms with E-state index in [-0.39, 0.29) is 0 Å². The second-order valence-electron chi connectivity index (χ2n) is 4.34. The number of hydrogen-bond acceptors (Lipinski definition) is 4. The van der Waals surface area contributed by atoms with Crippen LogP contribution < -0.4 is 10.1 Å². The normalized spacial score (nSPS) is 10.6. The molecule has 1 N–H and O–H groups in total. The van der Waals surface area contributed by atoms with Gasteiger partial charge in [-0.2, -0.15) is 0 Å². The lowest BCUT2D eigenvalue weighted by molar-refractivity contribution is 0.199. The van der Waals surface area contributed by atoms with Crippen molar-refractivity contribution in [3.05, 3.63) is 52.1 Å². The van der Waals surface area contributed by atoms with Crippen LogP contribution in [-0.2, 0) is 11.3 Å². The molecule has 0 aliphatic rings. The Morgan fingerprint density at radius 1 is 1.19 bits per heavy atom. The van der Waals surface area contributed by atoms with Crippen molar-refractivity contribution in [1.82, 2.24) is 10.3 Å². The van der Waals surface area contributed by atoms with Crippen molar-refractivity contribution in [3.8, 4) is 11.6 Å². The Balaban J connectivity index is 2.08. The second-order valence-corrected chi connectivity index (χ2v) is 5.22. The number of pyridine rings is 1. The summed E-state index contributed by atoms with van der Waals surface area (Å²) in [6.45, 7) is 2.05. The maximum Gasteiger partial charge on any atom is 0.223 e. The number of ether oxygens (including phenoxy) is 2. The van der Waals surface area contributed by atoms with Crippen LogP contribution >= 0.6 is 23.2 Å². The molecule has 0 fully saturated rings. The lowest BCUT2D eigenvalue weighted by Gasteiger charge is -2.11. The lowest BCUT2D eigenvalue weighted by Crippen LogP contribution is -2.19. The fourth-order valence-electron chi connectivity index (χ4n) is 1.75. The molecular formula is C15H16Cl2N2O2. The van der Waals surface area contributed by atoms with Crippen molar-refractivity contribution in [2.24, 2.45) is 0 Å². The molecule has 2 aromatic rings. The molecule has 0 saturated heterocycles. The second kappa shape index (κ2) is 8.20. The first-order valence-corrected chi connectivity index (χ1v) is 7.22. The largest absolute Gasteiger partial charge is 0.439 e. The molecule has 0 unspecified atom stereocenters. The first-order chi connectivity index (χ1) is 10.2. The van der Waals surface area contributed by atoms with Crippen molar-refractivity contribution in [1.29, 1.82) is 0 Å². The lowest BCUT2D eigenvalue weighted by atomic mass is 10.2. The molecule has 1 heterocycles. The maximum atomic E-state index is 5.96. The fourth-order valence-corrected chi connectivity index (χ4v) is 2.25. The number of methoxy groups -OCH3 is 1. The number of rotatable bonds is 7. The Labute approximate surface area is 134 Å². The van der Waals surface area contributed by atoms with Gasteiger partial charge in [-0.05, 0) is 24.3 Å². The zero-order valence-corrected chi connectivity index (χ0v) is 13.1. The minimum Gasteiger partial charge on any atom is -0.439 e. The van der Waals surface area contributed by atoms with Gasteiger partial charge in [0.2, 0.25) is 5.88 Å². The Bertz CT molecular complexity index is 573. The molecule has 0 radical (unpaired) electrons. The highest BCUT2D eigenvalue weighted by molar-refractivity contribution is 6.34. The molecule has 1 aromatic carbocycles. The Kier molecular flexibility index (Phi) is 6.26. The predicted octanol–water partition coefficient (Wildman–Crippen LogP) is 3.92. The predicted molar refractivity (Wildman–Crippen MR) is 84.4 cm³/mol. The summed E-state index contributed by atoms with van der Waals surface area (Å²) in [5.74, 6) is 1.09. The van der Waals surface area contributed by atoms with E-state index in [2.05, 4.69) is 10.3 Å². The third kappa shape index (κ3) is 5.17. The Morgan fingerprint density at radius 2 is 1.95 bits per heavy atom. The van der Waals surface area contributed by atoms with Crippen LogP contribution in [0.15, 0.2) is 36.5 Å². The Hall–Kier alpha value is -1.33. The molecule has 0 spiro atoms. The minimum atomic E-state index is 0.521. The molecule has 1 aromatic heterocycles. The first kappa shape index (κ1) is 16.0. The number of halogens is 2. The number of hydrogen-bond donors (Lipinski definition) is 1. The smallest absolute Gasteiger partial charge is 0.223 e. The van der Waals surface area contributed by atoms with E-state index < -0.39 is 0 Å². The summed E-state index contributed by atoms with van der Waals surface area (Å²) in [5.41, 5.74) is 0.949. The molecule has 112 valence electrons. The quantitative estimate of drug-likeness (QED) is 0.783. The van der Waals surface area contributed by atoms with Gasteiger partial charge in [0.05, 0.1) is 6.61 Å². The van der Waals surface area contributed by atoms with Gasteiger partial charge in [-0.25, -0.2) is 4.98 Å². The van der Waals surface area contributed by atoms with Gasteiger partial charge in [0.25, 0.3) is 0 Å². The summed E-state index contributed by atoms with van der Waals surface area (Å²) in [4.78, 5) is 4.25. The van der Waals surface area contributed by atoms with Gasteiger partial charge in [0.15, 0.2) is 0 Å². The molecule has 0 atom stereocenters. The highest BCUT2D eigenvalue weighted by Crippen LogP contribution is 2.28. The first-order valence-electron chi connectivity index (χ1n) is 6.46. The van der Waals surface area contributed by atoms with Crippen molar-refractivity contribution >= 4 is 23.2 Å². The molecular weight excluding hydrogens is 311 g/mol. The van der Waals surface area contributed by atoms with E-state index in [4.69, 9.17) is 32.7 Å². The van der Waals surface area contributed by atoms with Crippen LogP contribution in [0.5, 0.6) is 11.6 Å². The summed E-state index contributed by atoms with van der Waals surface area (Å²) in [7, 11) is 1.67. The van der Waals surface area contributed by atoms with Gasteiger partial charge in [0.1, 0.15) is 5.75 Å². The highest BCUT2D eigenvalue weighted by Gasteiger charge is 2.07. The monoisotopic (exact) mass is 326 g/mol. The zero-order chi connectivity index (χ0) is 15.1. The maximum absolute atomic E-state index is 5.96. The van der Waals surface area contributed by atoms with Crippen molar-refractivity contribution in [2.45, 2.75) is 6.54 Å². The molecule has 0 saturated carbocycles. The van der Waals surface area contributed by atoms with Crippen molar-refractivity contribution in [2.75, 3.05) is 20.3 Å². The molecule has 21 heavy (non-hydrogen) atoms. The Morgan fingerprint density at radius 3 is 2.67 bits per heavy atom. The summed E-state index contributed by atoms with van der Waals surface area (Å²) in [6, 6.07) is 8.87. The average molecular weight is 327 g/mol. The molecule has 6 heteroatoms. The number of benzene rings is 1. The molecule has 0 aliphatic carbocycles. The van der Waals surface area contributed by atoms with Crippen LogP contribution in [0.25, 0.3) is 0 Å². The topological polar surface area (TPSA) is 43.4 Å². The van der Waals surface area contributed by atoms with Crippen LogP contribution in [0.3, 0.4) is 0 Å². The van der Waals surface area contributed by atoms with E-state index in [9.17, 15) is 0 Å². The highest BCUT2D eigenvalue weighted by atomic mass is 35.5. The van der Waals surface area contributed by atoms with Gasteiger partial charge >= 0.3 is 0 Å². The van der Waals surface area contributed by atoms with Crippen LogP contribution in [0.2, 0.25) is 10.0 Å². The van der Waals surface area contributed by atoms with Crippen LogP contribution in [-0.4, -0.2) is 25.2 Å². The number of aromatic nitrogens is 1. The minimum absolute atomic E-state index is 0.521. The van der Waals surface area contributed by atoms with E-state index in [1.54, 1.807) is 31.5 Å². The van der Waals surface area contributed by atoms with Gasteiger partial charge in [-0.15, -0.1) is 0 Å². The van der Waals surface area contributed by atoms with Gasteiger partial charge in [-0.1, -0.05) is 29.3 Å². The van der Waals surface area contributed by atoms with E-state index in [1.165, 1.54) is 0 Å². The van der Waals surface area contributed by atoms with Crippen LogP contribution in [0.1, 0.15) is 5.56 Å². The fraction of sp³-hybridized carbons (Fsp3) is 0.267. The van der Waals surface area contributed by atoms with Crippen LogP contribution in [0, 0.1) is 0 Å².